The molecule has 0 radical (unpaired) electrons. The van der Waals surface area contributed by atoms with Gasteiger partial charge in [-0.1, -0.05) is 0 Å². The molecule has 0 aromatic rings. The van der Waals surface area contributed by atoms with Crippen molar-refractivity contribution in [1.29, 1.82) is 0 Å². The van der Waals surface area contributed by atoms with Crippen LogP contribution >= 0.6 is 0 Å². The Morgan fingerprint density at radius 3 is 1.22 bits per heavy atom. The maximum absolute atomic E-state index is 12.8. The van der Waals surface area contributed by atoms with Crippen LogP contribution in [0.5, 0.6) is 0 Å². The third-order valence-electron chi connectivity index (χ3n) is 9.07. The predicted molar refractivity (Wildman–Crippen MR) is 201 cm³/mol. The number of nitrogens with one attached hydrogen (secondary N) is 2. The number of rotatable bonds is 17. The van der Waals surface area contributed by atoms with Gasteiger partial charge >= 0.3 is 47.8 Å². The molecule has 0 unspecified atom stereocenters. The van der Waals surface area contributed by atoms with E-state index in [1.807, 2.05) is 0 Å². The molecular formula is C38H54N2O24. The monoisotopic (exact) mass is 922 g/mol. The molecule has 3 saturated heterocycles. The standard InChI is InChI=1S/C38H54N2O24/c1-14(41)39-27-32(57-20(7)47)29(55-18(5)45)24(61-36(27)51)13-54-37-28(40-15(2)42)33(58-21(8)48)30(25(62-37)11-52-16(3)43)64-38-35(60-23(10)50)34(59-22(9)49)31(56-19(6)46)26(63-38)12-53-17(4)44/h24-38,51H,11-13H2,1-10H3,(H,39,41)(H,40,42)/t24-,25-,26-,27-,28-,29+,30-,31+,32-,33-,34+,35-,36+,37-,38+/m1/s1. The van der Waals surface area contributed by atoms with Crippen LogP contribution in [0.25, 0.3) is 0 Å². The molecule has 3 N–H and O–H groups in total. The van der Waals surface area contributed by atoms with Gasteiger partial charge in [-0.2, -0.15) is 0 Å². The van der Waals surface area contributed by atoms with E-state index in [0.717, 1.165) is 69.2 Å². The second kappa shape index (κ2) is 23.9. The van der Waals surface area contributed by atoms with Crippen LogP contribution in [0.2, 0.25) is 0 Å². The van der Waals surface area contributed by atoms with Crippen molar-refractivity contribution in [3.05, 3.63) is 0 Å². The molecular weight excluding hydrogens is 868 g/mol. The molecule has 2 amide bonds. The maximum Gasteiger partial charge on any atom is 0.303 e. The fourth-order valence-corrected chi connectivity index (χ4v) is 7.01. The number of hydrogen-bond acceptors (Lipinski definition) is 24. The molecule has 15 atom stereocenters. The lowest BCUT2D eigenvalue weighted by Gasteiger charge is -2.49. The highest BCUT2D eigenvalue weighted by atomic mass is 16.8. The summed E-state index contributed by atoms with van der Waals surface area (Å²) in [7, 11) is 0. The fourth-order valence-electron chi connectivity index (χ4n) is 7.01. The third-order valence-corrected chi connectivity index (χ3v) is 9.07. The molecule has 3 rings (SSSR count). The van der Waals surface area contributed by atoms with Gasteiger partial charge < -0.3 is 77.3 Å². The molecule has 0 bridgehead atoms. The Morgan fingerprint density at radius 1 is 0.406 bits per heavy atom. The van der Waals surface area contributed by atoms with E-state index in [1.54, 1.807) is 0 Å². The summed E-state index contributed by atoms with van der Waals surface area (Å²) in [5.74, 6) is -8.74. The van der Waals surface area contributed by atoms with Crippen LogP contribution in [0.4, 0.5) is 0 Å². The van der Waals surface area contributed by atoms with E-state index >= 15 is 0 Å². The molecule has 0 spiro atoms. The normalized spacial score (nSPS) is 32.3. The molecule has 0 aliphatic carbocycles. The maximum atomic E-state index is 12.8. The molecule has 64 heavy (non-hydrogen) atoms. The summed E-state index contributed by atoms with van der Waals surface area (Å²) < 4.78 is 73.7. The molecule has 3 fully saturated rings. The molecule has 3 heterocycles. The van der Waals surface area contributed by atoms with Crippen LogP contribution < -0.4 is 10.6 Å². The average Bonchev–Trinajstić information content (AvgIpc) is 3.14. The quantitative estimate of drug-likeness (QED) is 0.0985. The van der Waals surface area contributed by atoms with Gasteiger partial charge in [-0.3, -0.25) is 47.9 Å². The molecule has 26 heteroatoms. The number of amides is 2. The van der Waals surface area contributed by atoms with Gasteiger partial charge in [-0.05, 0) is 0 Å². The number of carbonyl (C=O) groups is 10. The summed E-state index contributed by atoms with van der Waals surface area (Å²) >= 11 is 0. The number of ether oxygens (including phenoxy) is 13. The van der Waals surface area contributed by atoms with Crippen molar-refractivity contribution < 1.29 is 115 Å². The van der Waals surface area contributed by atoms with Crippen molar-refractivity contribution in [3.63, 3.8) is 0 Å². The van der Waals surface area contributed by atoms with Crippen molar-refractivity contribution in [2.45, 2.75) is 161 Å². The molecule has 360 valence electrons. The van der Waals surface area contributed by atoms with Crippen molar-refractivity contribution in [2.75, 3.05) is 19.8 Å². The molecule has 0 aromatic heterocycles. The first-order valence-electron chi connectivity index (χ1n) is 19.6. The third kappa shape index (κ3) is 15.6. The smallest absolute Gasteiger partial charge is 0.303 e. The fraction of sp³-hybridized carbons (Fsp3) is 0.737. The SMILES string of the molecule is CC(=O)N[C@@H]1[C@@H](OC(C)=O)[C@@H](OC(C)=O)[C@@H](CO[C@@H]2O[C@H](COC(C)=O)[C@@H](O[C@@H]3O[C@H](COC(C)=O)[C@H](OC(C)=O)[C@H](OC(C)=O)[C@H]3OC(C)=O)[C@H](OC(C)=O)[C@H]2NC(C)=O)O[C@@H]1O. The van der Waals surface area contributed by atoms with Gasteiger partial charge in [-0.25, -0.2) is 0 Å². The van der Waals surface area contributed by atoms with Crippen LogP contribution in [-0.4, -0.2) is 176 Å². The Balaban J connectivity index is 2.16. The Morgan fingerprint density at radius 2 is 0.766 bits per heavy atom. The summed E-state index contributed by atoms with van der Waals surface area (Å²) in [4.78, 5) is 124. The minimum Gasteiger partial charge on any atom is -0.463 e. The molecule has 3 aliphatic rings. The lowest BCUT2D eigenvalue weighted by atomic mass is 9.94. The average molecular weight is 923 g/mol. The number of esters is 8. The second-order valence-corrected chi connectivity index (χ2v) is 14.6. The van der Waals surface area contributed by atoms with Gasteiger partial charge in [0.15, 0.2) is 55.5 Å². The van der Waals surface area contributed by atoms with Gasteiger partial charge in [-0.15, -0.1) is 0 Å². The van der Waals surface area contributed by atoms with Crippen LogP contribution in [0, 0.1) is 0 Å². The molecule has 3 aliphatic heterocycles. The van der Waals surface area contributed by atoms with E-state index in [-0.39, 0.29) is 0 Å². The van der Waals surface area contributed by atoms with Gasteiger partial charge in [0.05, 0.1) is 6.61 Å². The minimum atomic E-state index is -1.92. The molecule has 0 aromatic carbocycles. The highest BCUT2D eigenvalue weighted by Crippen LogP contribution is 2.35. The largest absolute Gasteiger partial charge is 0.463 e. The van der Waals surface area contributed by atoms with Crippen molar-refractivity contribution in [3.8, 4) is 0 Å². The van der Waals surface area contributed by atoms with E-state index in [4.69, 9.17) is 61.6 Å². The van der Waals surface area contributed by atoms with Crippen LogP contribution in [0.3, 0.4) is 0 Å². The zero-order chi connectivity index (χ0) is 48.2. The molecule has 0 saturated carbocycles. The van der Waals surface area contributed by atoms with Crippen LogP contribution in [0.15, 0.2) is 0 Å². The van der Waals surface area contributed by atoms with Crippen molar-refractivity contribution >= 4 is 59.6 Å². The van der Waals surface area contributed by atoms with Crippen molar-refractivity contribution in [2.24, 2.45) is 0 Å². The highest BCUT2D eigenvalue weighted by Gasteiger charge is 2.58. The Kier molecular flexibility index (Phi) is 19.8. The van der Waals surface area contributed by atoms with Crippen molar-refractivity contribution in [1.82, 2.24) is 10.6 Å². The summed E-state index contributed by atoms with van der Waals surface area (Å²) in [6.07, 6.45) is -21.8. The number of aliphatic hydroxyl groups is 1. The van der Waals surface area contributed by atoms with Crippen LogP contribution in [0.1, 0.15) is 69.2 Å². The summed E-state index contributed by atoms with van der Waals surface area (Å²) in [6, 6.07) is -3.04. The van der Waals surface area contributed by atoms with E-state index in [9.17, 15) is 53.1 Å². The summed E-state index contributed by atoms with van der Waals surface area (Å²) in [5, 5.41) is 15.9. The van der Waals surface area contributed by atoms with E-state index in [0.29, 0.717) is 0 Å². The first-order chi connectivity index (χ1) is 29.9. The van der Waals surface area contributed by atoms with E-state index in [1.165, 1.54) is 0 Å². The molecule has 26 nitrogen and oxygen atoms in total. The zero-order valence-electron chi connectivity index (χ0n) is 36.6. The Hall–Kier alpha value is -5.54. The number of carbonyl (C=O) groups excluding carboxylic acids is 10. The van der Waals surface area contributed by atoms with Gasteiger partial charge in [0.1, 0.15) is 49.7 Å². The topological polar surface area (TPSA) is 335 Å². The lowest BCUT2D eigenvalue weighted by molar-refractivity contribution is -0.353. The first kappa shape index (κ1) is 52.8. The van der Waals surface area contributed by atoms with E-state index in [2.05, 4.69) is 10.6 Å². The first-order valence-corrected chi connectivity index (χ1v) is 19.6. The Labute approximate surface area is 365 Å². The van der Waals surface area contributed by atoms with Gasteiger partial charge in [0.2, 0.25) is 11.8 Å². The predicted octanol–water partition coefficient (Wildman–Crippen LogP) is -2.72. The van der Waals surface area contributed by atoms with Gasteiger partial charge in [0, 0.05) is 69.2 Å². The number of aliphatic hydroxyl groups excluding tert-OH is 1. The number of hydrogen-bond donors (Lipinski definition) is 3. The summed E-state index contributed by atoms with van der Waals surface area (Å²) in [6.45, 7) is 8.23. The second-order valence-electron chi connectivity index (χ2n) is 14.6. The minimum absolute atomic E-state index is 0.649. The Bertz CT molecular complexity index is 1740. The van der Waals surface area contributed by atoms with Gasteiger partial charge in [0.25, 0.3) is 0 Å². The summed E-state index contributed by atoms with van der Waals surface area (Å²) in [5.41, 5.74) is 0. The highest BCUT2D eigenvalue weighted by molar-refractivity contribution is 5.74. The van der Waals surface area contributed by atoms with Crippen LogP contribution in [-0.2, 0) is 110 Å². The zero-order valence-corrected chi connectivity index (χ0v) is 36.6. The van der Waals surface area contributed by atoms with E-state index < -0.39 is 171 Å². The lowest BCUT2D eigenvalue weighted by Crippen LogP contribution is -2.69.